The SMILES string of the molecule is CN1CCN(c2ccc(/C(N)=N/O)c(Br)c2F)CC1. The minimum atomic E-state index is -0.381. The van der Waals surface area contributed by atoms with E-state index in [0.717, 1.165) is 26.2 Å². The van der Waals surface area contributed by atoms with Crippen LogP contribution in [0, 0.1) is 5.82 Å². The van der Waals surface area contributed by atoms with Crippen LogP contribution in [0.2, 0.25) is 0 Å². The standard InChI is InChI=1S/C12H16BrFN4O/c1-17-4-6-18(7-5-17)9-3-2-8(12(15)16-19)10(13)11(9)14/h2-3,19H,4-7H2,1H3,(H2,15,16). The zero-order valence-corrected chi connectivity index (χ0v) is 12.2. The van der Waals surface area contributed by atoms with Crippen LogP contribution in [0.25, 0.3) is 0 Å². The van der Waals surface area contributed by atoms with Gasteiger partial charge < -0.3 is 20.7 Å². The molecule has 2 rings (SSSR count). The Labute approximate surface area is 119 Å². The van der Waals surface area contributed by atoms with E-state index < -0.39 is 0 Å². The average molecular weight is 331 g/mol. The number of likely N-dealkylation sites (N-methyl/N-ethyl adjacent to an activating group) is 1. The largest absolute Gasteiger partial charge is 0.409 e. The van der Waals surface area contributed by atoms with Gasteiger partial charge in [-0.2, -0.15) is 0 Å². The number of rotatable bonds is 2. The van der Waals surface area contributed by atoms with Crippen molar-refractivity contribution in [3.63, 3.8) is 0 Å². The number of oxime groups is 1. The van der Waals surface area contributed by atoms with Gasteiger partial charge in [-0.1, -0.05) is 5.16 Å². The van der Waals surface area contributed by atoms with E-state index in [1.807, 2.05) is 11.9 Å². The lowest BCUT2D eigenvalue weighted by molar-refractivity contribution is 0.311. The normalized spacial score (nSPS) is 17.8. The molecule has 1 saturated heterocycles. The third-order valence-corrected chi connectivity index (χ3v) is 4.06. The van der Waals surface area contributed by atoms with Crippen LogP contribution in [0.5, 0.6) is 0 Å². The van der Waals surface area contributed by atoms with Crippen LogP contribution in [0.4, 0.5) is 10.1 Å². The molecule has 0 atom stereocenters. The number of hydrogen-bond acceptors (Lipinski definition) is 4. The van der Waals surface area contributed by atoms with Crippen molar-refractivity contribution in [2.24, 2.45) is 10.9 Å². The summed E-state index contributed by atoms with van der Waals surface area (Å²) in [5.74, 6) is -0.496. The summed E-state index contributed by atoms with van der Waals surface area (Å²) in [6, 6.07) is 3.31. The molecule has 0 spiro atoms. The topological polar surface area (TPSA) is 65.1 Å². The Hall–Kier alpha value is -1.34. The first-order chi connectivity index (χ1) is 9.04. The molecule has 1 aliphatic heterocycles. The Morgan fingerprint density at radius 2 is 2.00 bits per heavy atom. The molecule has 0 amide bonds. The van der Waals surface area contributed by atoms with Crippen molar-refractivity contribution in [3.05, 3.63) is 28.0 Å². The lowest BCUT2D eigenvalue weighted by atomic mass is 10.1. The average Bonchev–Trinajstić information content (AvgIpc) is 2.42. The third kappa shape index (κ3) is 2.82. The second kappa shape index (κ2) is 5.75. The van der Waals surface area contributed by atoms with Gasteiger partial charge in [-0.15, -0.1) is 0 Å². The van der Waals surface area contributed by atoms with Crippen LogP contribution in [-0.4, -0.2) is 49.2 Å². The molecule has 1 aromatic rings. The van der Waals surface area contributed by atoms with E-state index in [1.165, 1.54) is 0 Å². The Kier molecular flexibility index (Phi) is 4.26. The van der Waals surface area contributed by atoms with Gasteiger partial charge in [-0.05, 0) is 35.1 Å². The maximum Gasteiger partial charge on any atom is 0.171 e. The zero-order valence-electron chi connectivity index (χ0n) is 10.6. The van der Waals surface area contributed by atoms with Gasteiger partial charge >= 0.3 is 0 Å². The van der Waals surface area contributed by atoms with E-state index in [0.29, 0.717) is 11.3 Å². The lowest BCUT2D eigenvalue weighted by Gasteiger charge is -2.34. The predicted octanol–water partition coefficient (Wildman–Crippen LogP) is 1.43. The molecule has 0 unspecified atom stereocenters. The molecule has 1 fully saturated rings. The fraction of sp³-hybridized carbons (Fsp3) is 0.417. The Bertz CT molecular complexity index is 501. The van der Waals surface area contributed by atoms with Crippen molar-refractivity contribution >= 4 is 27.5 Å². The molecule has 0 aliphatic carbocycles. The van der Waals surface area contributed by atoms with Gasteiger partial charge in [-0.25, -0.2) is 4.39 Å². The summed E-state index contributed by atoms with van der Waals surface area (Å²) in [5, 5.41) is 11.5. The van der Waals surface area contributed by atoms with Crippen LogP contribution in [0.15, 0.2) is 21.8 Å². The molecule has 1 aliphatic rings. The van der Waals surface area contributed by atoms with E-state index in [1.54, 1.807) is 12.1 Å². The van der Waals surface area contributed by atoms with Crippen LogP contribution in [0.3, 0.4) is 0 Å². The second-order valence-electron chi connectivity index (χ2n) is 4.54. The summed E-state index contributed by atoms with van der Waals surface area (Å²) in [4.78, 5) is 4.20. The molecule has 19 heavy (non-hydrogen) atoms. The van der Waals surface area contributed by atoms with E-state index in [2.05, 4.69) is 26.0 Å². The molecular formula is C12H16BrFN4O. The monoisotopic (exact) mass is 330 g/mol. The molecule has 7 heteroatoms. The van der Waals surface area contributed by atoms with Gasteiger partial charge in [0.2, 0.25) is 0 Å². The van der Waals surface area contributed by atoms with E-state index >= 15 is 0 Å². The molecule has 1 heterocycles. The van der Waals surface area contributed by atoms with Gasteiger partial charge in [0, 0.05) is 31.7 Å². The molecule has 3 N–H and O–H groups in total. The van der Waals surface area contributed by atoms with E-state index in [9.17, 15) is 4.39 Å². The first kappa shape index (κ1) is 14.1. The van der Waals surface area contributed by atoms with Crippen molar-refractivity contribution in [3.8, 4) is 0 Å². The molecule has 0 saturated carbocycles. The molecule has 5 nitrogen and oxygen atoms in total. The van der Waals surface area contributed by atoms with Gasteiger partial charge in [0.15, 0.2) is 11.7 Å². The summed E-state index contributed by atoms with van der Waals surface area (Å²) < 4.78 is 14.6. The highest BCUT2D eigenvalue weighted by Crippen LogP contribution is 2.30. The number of nitrogens with zero attached hydrogens (tertiary/aromatic N) is 3. The Morgan fingerprint density at radius 1 is 1.37 bits per heavy atom. The summed E-state index contributed by atoms with van der Waals surface area (Å²) in [6.07, 6.45) is 0. The summed E-state index contributed by atoms with van der Waals surface area (Å²) in [7, 11) is 2.05. The highest BCUT2D eigenvalue weighted by molar-refractivity contribution is 9.10. The van der Waals surface area contributed by atoms with Crippen molar-refractivity contribution in [1.82, 2.24) is 4.90 Å². The maximum absolute atomic E-state index is 14.3. The van der Waals surface area contributed by atoms with E-state index in [-0.39, 0.29) is 16.1 Å². The van der Waals surface area contributed by atoms with Gasteiger partial charge in [0.05, 0.1) is 10.2 Å². The Balaban J connectivity index is 2.31. The molecular weight excluding hydrogens is 315 g/mol. The zero-order chi connectivity index (χ0) is 14.0. The summed E-state index contributed by atoms with van der Waals surface area (Å²) in [5.41, 5.74) is 6.38. The number of nitrogens with two attached hydrogens (primary N) is 1. The molecule has 0 bridgehead atoms. The van der Waals surface area contributed by atoms with Crippen molar-refractivity contribution in [2.75, 3.05) is 38.1 Å². The number of halogens is 2. The maximum atomic E-state index is 14.3. The van der Waals surface area contributed by atoms with Gasteiger partial charge in [0.25, 0.3) is 0 Å². The minimum absolute atomic E-state index is 0.115. The van der Waals surface area contributed by atoms with Crippen LogP contribution < -0.4 is 10.6 Å². The third-order valence-electron chi connectivity index (χ3n) is 3.29. The van der Waals surface area contributed by atoms with Crippen molar-refractivity contribution in [2.45, 2.75) is 0 Å². The predicted molar refractivity (Wildman–Crippen MR) is 76.3 cm³/mol. The van der Waals surface area contributed by atoms with Gasteiger partial charge in [0.1, 0.15) is 0 Å². The number of anilines is 1. The minimum Gasteiger partial charge on any atom is -0.409 e. The number of benzene rings is 1. The Morgan fingerprint density at radius 3 is 2.58 bits per heavy atom. The van der Waals surface area contributed by atoms with Crippen molar-refractivity contribution < 1.29 is 9.60 Å². The van der Waals surface area contributed by atoms with E-state index in [4.69, 9.17) is 10.9 Å². The second-order valence-corrected chi connectivity index (χ2v) is 5.33. The lowest BCUT2D eigenvalue weighted by Crippen LogP contribution is -2.44. The first-order valence-electron chi connectivity index (χ1n) is 5.94. The number of amidine groups is 1. The van der Waals surface area contributed by atoms with Crippen LogP contribution in [0.1, 0.15) is 5.56 Å². The number of piperazine rings is 1. The van der Waals surface area contributed by atoms with Crippen LogP contribution in [-0.2, 0) is 0 Å². The summed E-state index contributed by atoms with van der Waals surface area (Å²) in [6.45, 7) is 3.36. The van der Waals surface area contributed by atoms with Crippen molar-refractivity contribution in [1.29, 1.82) is 0 Å². The van der Waals surface area contributed by atoms with Crippen LogP contribution >= 0.6 is 15.9 Å². The summed E-state index contributed by atoms with van der Waals surface area (Å²) >= 11 is 3.17. The highest BCUT2D eigenvalue weighted by Gasteiger charge is 2.21. The first-order valence-corrected chi connectivity index (χ1v) is 6.73. The van der Waals surface area contributed by atoms with Gasteiger partial charge in [-0.3, -0.25) is 0 Å². The molecule has 1 aromatic carbocycles. The quantitative estimate of drug-likeness (QED) is 0.372. The highest BCUT2D eigenvalue weighted by atomic mass is 79.9. The number of hydrogen-bond donors (Lipinski definition) is 2. The smallest absolute Gasteiger partial charge is 0.171 e. The fourth-order valence-corrected chi connectivity index (χ4v) is 2.62. The molecule has 104 valence electrons. The fourth-order valence-electron chi connectivity index (χ4n) is 2.08. The molecule has 0 aromatic heterocycles. The molecule has 0 radical (unpaired) electrons.